The largest absolute Gasteiger partial charge is 0.493 e. The van der Waals surface area contributed by atoms with Gasteiger partial charge in [0.2, 0.25) is 0 Å². The van der Waals surface area contributed by atoms with E-state index >= 15 is 0 Å². The third kappa shape index (κ3) is 3.47. The summed E-state index contributed by atoms with van der Waals surface area (Å²) in [6.45, 7) is 3.49. The molecule has 0 aliphatic carbocycles. The molecule has 0 saturated carbocycles. The summed E-state index contributed by atoms with van der Waals surface area (Å²) in [5.41, 5.74) is 6.57. The fourth-order valence-electron chi connectivity index (χ4n) is 3.45. The van der Waals surface area contributed by atoms with Crippen LogP contribution in [0.15, 0.2) is 41.0 Å². The van der Waals surface area contributed by atoms with Crippen molar-refractivity contribution in [2.24, 2.45) is 0 Å². The molecule has 4 aromatic rings. The van der Waals surface area contributed by atoms with Crippen LogP contribution in [0.1, 0.15) is 29.9 Å². The van der Waals surface area contributed by atoms with Gasteiger partial charge < -0.3 is 20.2 Å². The van der Waals surface area contributed by atoms with Crippen molar-refractivity contribution in [2.45, 2.75) is 26.1 Å². The first-order valence-corrected chi connectivity index (χ1v) is 9.14. The highest BCUT2D eigenvalue weighted by molar-refractivity contribution is 6.09. The maximum absolute atomic E-state index is 13.2. The molecule has 3 N–H and O–H groups in total. The fourth-order valence-corrected chi connectivity index (χ4v) is 3.45. The number of nitrogens with two attached hydrogens (primary N) is 1. The molecule has 1 atom stereocenters. The third-order valence-corrected chi connectivity index (χ3v) is 4.86. The number of hydrogen-bond acceptors (Lipinski definition) is 6. The minimum absolute atomic E-state index is 0.0407. The average Bonchev–Trinajstić information content (AvgIpc) is 3.16. The van der Waals surface area contributed by atoms with Crippen LogP contribution in [0.5, 0.6) is 5.75 Å². The van der Waals surface area contributed by atoms with Crippen LogP contribution in [0.3, 0.4) is 0 Å². The molecule has 6 nitrogen and oxygen atoms in total. The highest BCUT2D eigenvalue weighted by atomic mass is 19.4. The third-order valence-electron chi connectivity index (χ3n) is 4.86. The van der Waals surface area contributed by atoms with Crippen molar-refractivity contribution in [3.8, 4) is 5.75 Å². The van der Waals surface area contributed by atoms with Crippen LogP contribution >= 0.6 is 0 Å². The number of nitrogens with one attached hydrogen (secondary N) is 1. The van der Waals surface area contributed by atoms with Gasteiger partial charge in [-0.15, -0.1) is 0 Å². The summed E-state index contributed by atoms with van der Waals surface area (Å²) >= 11 is 0. The number of ether oxygens (including phenoxy) is 1. The molecule has 0 aliphatic heterocycles. The summed E-state index contributed by atoms with van der Waals surface area (Å²) in [6.07, 6.45) is -2.94. The number of nitrogen functional groups attached to an aromatic ring is 1. The number of aromatic nitrogens is 2. The smallest absolute Gasteiger partial charge is 0.416 e. The van der Waals surface area contributed by atoms with Crippen LogP contribution in [0.25, 0.3) is 21.9 Å². The van der Waals surface area contributed by atoms with Gasteiger partial charge in [0, 0.05) is 11.1 Å². The van der Waals surface area contributed by atoms with Crippen LogP contribution in [0, 0.1) is 6.92 Å². The normalized spacial score (nSPS) is 13.0. The summed E-state index contributed by atoms with van der Waals surface area (Å²) in [7, 11) is 1.53. The van der Waals surface area contributed by atoms with Gasteiger partial charge in [0.15, 0.2) is 11.3 Å². The minimum atomic E-state index is -4.48. The molecule has 0 bridgehead atoms. The van der Waals surface area contributed by atoms with Gasteiger partial charge in [0.1, 0.15) is 11.6 Å². The molecular weight excluding hydrogens is 397 g/mol. The van der Waals surface area contributed by atoms with E-state index in [1.807, 2.05) is 0 Å². The first-order chi connectivity index (χ1) is 14.2. The lowest BCUT2D eigenvalue weighted by atomic mass is 10.0. The van der Waals surface area contributed by atoms with Crippen molar-refractivity contribution < 1.29 is 22.3 Å². The summed E-state index contributed by atoms with van der Waals surface area (Å²) in [4.78, 5) is 8.98. The molecule has 0 aliphatic rings. The Hall–Kier alpha value is -3.49. The fraction of sp³-hybridized carbons (Fsp3) is 0.238. The van der Waals surface area contributed by atoms with E-state index in [9.17, 15) is 13.2 Å². The summed E-state index contributed by atoms with van der Waals surface area (Å²) in [5, 5.41) is 4.62. The Kier molecular flexibility index (Phi) is 4.68. The zero-order valence-corrected chi connectivity index (χ0v) is 16.5. The number of rotatable bonds is 4. The second kappa shape index (κ2) is 7.08. The molecule has 0 amide bonds. The van der Waals surface area contributed by atoms with Crippen molar-refractivity contribution in [3.05, 3.63) is 53.5 Å². The van der Waals surface area contributed by atoms with E-state index in [1.54, 1.807) is 32.2 Å². The monoisotopic (exact) mass is 416 g/mol. The van der Waals surface area contributed by atoms with Crippen LogP contribution in [-0.2, 0) is 6.18 Å². The molecule has 0 spiro atoms. The SMILES string of the molecule is COc1cc2c(N[C@H](C)c3cc(N)cc(C(F)(F)F)c3)nc(C)nc2c2ccoc12. The molecule has 0 radical (unpaired) electrons. The lowest BCUT2D eigenvalue weighted by molar-refractivity contribution is -0.137. The van der Waals surface area contributed by atoms with E-state index in [0.717, 1.165) is 17.5 Å². The number of methoxy groups -OCH3 is 1. The topological polar surface area (TPSA) is 86.2 Å². The number of furan rings is 1. The molecule has 0 saturated heterocycles. The summed E-state index contributed by atoms with van der Waals surface area (Å²) in [5.74, 6) is 1.49. The average molecular weight is 416 g/mol. The van der Waals surface area contributed by atoms with Gasteiger partial charge in [0.25, 0.3) is 0 Å². The van der Waals surface area contributed by atoms with E-state index in [4.69, 9.17) is 14.9 Å². The molecule has 9 heteroatoms. The number of hydrogen-bond donors (Lipinski definition) is 2. The van der Waals surface area contributed by atoms with Crippen molar-refractivity contribution in [1.29, 1.82) is 0 Å². The van der Waals surface area contributed by atoms with Gasteiger partial charge in [-0.25, -0.2) is 9.97 Å². The van der Waals surface area contributed by atoms with Crippen molar-refractivity contribution in [3.63, 3.8) is 0 Å². The molecular formula is C21H19F3N4O2. The van der Waals surface area contributed by atoms with Gasteiger partial charge in [-0.3, -0.25) is 0 Å². The van der Waals surface area contributed by atoms with E-state index in [2.05, 4.69) is 15.3 Å². The van der Waals surface area contributed by atoms with E-state index < -0.39 is 17.8 Å². The molecule has 4 rings (SSSR count). The molecule has 30 heavy (non-hydrogen) atoms. The van der Waals surface area contributed by atoms with E-state index in [-0.39, 0.29) is 5.69 Å². The molecule has 0 unspecified atom stereocenters. The second-order valence-electron chi connectivity index (χ2n) is 7.01. The highest BCUT2D eigenvalue weighted by Crippen LogP contribution is 2.37. The maximum atomic E-state index is 13.2. The number of benzene rings is 2. The van der Waals surface area contributed by atoms with Crippen LogP contribution in [0.4, 0.5) is 24.7 Å². The summed E-state index contributed by atoms with van der Waals surface area (Å²) < 4.78 is 50.5. The number of fused-ring (bicyclic) bond motifs is 3. The lowest BCUT2D eigenvalue weighted by Gasteiger charge is -2.19. The van der Waals surface area contributed by atoms with Gasteiger partial charge in [0.05, 0.1) is 35.9 Å². The quantitative estimate of drug-likeness (QED) is 0.429. The second-order valence-corrected chi connectivity index (χ2v) is 7.01. The molecule has 156 valence electrons. The maximum Gasteiger partial charge on any atom is 0.416 e. The first-order valence-electron chi connectivity index (χ1n) is 9.14. The number of anilines is 2. The Balaban J connectivity index is 1.82. The van der Waals surface area contributed by atoms with Crippen molar-refractivity contribution >= 4 is 33.4 Å². The van der Waals surface area contributed by atoms with E-state index in [1.165, 1.54) is 13.2 Å². The number of nitrogens with zero attached hydrogens (tertiary/aromatic N) is 2. The molecule has 2 aromatic carbocycles. The Morgan fingerprint density at radius 3 is 2.60 bits per heavy atom. The predicted octanol–water partition coefficient (Wildman–Crippen LogP) is 5.47. The minimum Gasteiger partial charge on any atom is -0.493 e. The molecule has 2 aromatic heterocycles. The van der Waals surface area contributed by atoms with Crippen LogP contribution in [-0.4, -0.2) is 17.1 Å². The predicted molar refractivity (Wildman–Crippen MR) is 108 cm³/mol. The van der Waals surface area contributed by atoms with Gasteiger partial charge in [-0.2, -0.15) is 13.2 Å². The Bertz CT molecular complexity index is 1250. The van der Waals surface area contributed by atoms with Crippen molar-refractivity contribution in [1.82, 2.24) is 9.97 Å². The zero-order valence-electron chi connectivity index (χ0n) is 16.5. The van der Waals surface area contributed by atoms with Gasteiger partial charge in [-0.1, -0.05) is 0 Å². The van der Waals surface area contributed by atoms with Crippen LogP contribution in [0.2, 0.25) is 0 Å². The molecule has 0 fully saturated rings. The van der Waals surface area contributed by atoms with Gasteiger partial charge >= 0.3 is 6.18 Å². The Morgan fingerprint density at radius 2 is 1.90 bits per heavy atom. The summed E-state index contributed by atoms with van der Waals surface area (Å²) in [6, 6.07) is 6.54. The Morgan fingerprint density at radius 1 is 1.13 bits per heavy atom. The van der Waals surface area contributed by atoms with Crippen molar-refractivity contribution in [2.75, 3.05) is 18.2 Å². The van der Waals surface area contributed by atoms with Crippen LogP contribution < -0.4 is 15.8 Å². The lowest BCUT2D eigenvalue weighted by Crippen LogP contribution is -2.12. The Labute approximate surface area is 169 Å². The standard InChI is InChI=1S/C21H19F3N4O2/c1-10(12-6-13(21(22,23)24)8-14(25)7-12)26-20-16-9-17(29-3)19-15(4-5-30-19)18(16)27-11(2)28-20/h4-10H,25H2,1-3H3,(H,26,27,28)/t10-/m1/s1. The number of aryl methyl sites for hydroxylation is 1. The highest BCUT2D eigenvalue weighted by Gasteiger charge is 2.31. The van der Waals surface area contributed by atoms with Gasteiger partial charge in [-0.05, 0) is 49.7 Å². The number of alkyl halides is 3. The zero-order chi connectivity index (χ0) is 21.6. The molecule has 2 heterocycles. The van der Waals surface area contributed by atoms with E-state index in [0.29, 0.717) is 39.4 Å². The first kappa shape index (κ1) is 19.8. The number of halogens is 3.